The average molecular weight is 1630 g/mol. The summed E-state index contributed by atoms with van der Waals surface area (Å²) in [5, 5.41) is 19.2. The number of hydrogen-bond acceptors (Lipinski definition) is 3. The summed E-state index contributed by atoms with van der Waals surface area (Å²) in [5.41, 5.74) is 37.3. The van der Waals surface area contributed by atoms with Gasteiger partial charge in [0.1, 0.15) is 11.2 Å². The lowest BCUT2D eigenvalue weighted by molar-refractivity contribution is 0.669. The molecule has 0 bridgehead atoms. The average Bonchev–Trinajstić information content (AvgIpc) is 1.49. The van der Waals surface area contributed by atoms with Gasteiger partial charge in [-0.25, -0.2) is 0 Å². The molecule has 0 amide bonds. The fourth-order valence-electron chi connectivity index (χ4n) is 24.0. The largest absolute Gasteiger partial charge is 0.456 e. The van der Waals surface area contributed by atoms with Gasteiger partial charge in [0, 0.05) is 44.6 Å². The van der Waals surface area contributed by atoms with Crippen molar-refractivity contribution < 1.29 is 4.42 Å². The number of benzene rings is 23. The van der Waals surface area contributed by atoms with Crippen molar-refractivity contribution >= 4 is 131 Å². The van der Waals surface area contributed by atoms with Crippen LogP contribution in [-0.2, 0) is 10.8 Å². The topological polar surface area (TPSA) is 19.6 Å². The highest BCUT2D eigenvalue weighted by molar-refractivity contribution is 6.27. The van der Waals surface area contributed by atoms with Crippen molar-refractivity contribution in [1.82, 2.24) is 0 Å². The molecule has 24 aromatic rings. The first kappa shape index (κ1) is 71.7. The van der Waals surface area contributed by atoms with Gasteiger partial charge in [0.25, 0.3) is 0 Å². The van der Waals surface area contributed by atoms with Crippen molar-refractivity contribution in [2.24, 2.45) is 0 Å². The van der Waals surface area contributed by atoms with Crippen molar-refractivity contribution in [3.05, 3.63) is 506 Å². The summed E-state index contributed by atoms with van der Waals surface area (Å²) in [7, 11) is 0. The molecule has 596 valence electrons. The summed E-state index contributed by atoms with van der Waals surface area (Å²) in [6.45, 7) is 0. The normalized spacial score (nSPS) is 13.2. The lowest BCUT2D eigenvalue weighted by Gasteiger charge is -2.34. The van der Waals surface area contributed by atoms with Gasteiger partial charge < -0.3 is 14.2 Å². The van der Waals surface area contributed by atoms with E-state index in [0.717, 1.165) is 83.9 Å². The second-order valence-corrected chi connectivity index (χ2v) is 35.4. The smallest absolute Gasteiger partial charge is 0.135 e. The third-order valence-electron chi connectivity index (χ3n) is 29.1. The Balaban J connectivity index is 0.601. The Kier molecular flexibility index (Phi) is 15.2. The molecule has 0 saturated heterocycles. The fraction of sp³-hybridized carbons (Fsp3) is 0.0159. The second-order valence-electron chi connectivity index (χ2n) is 35.4. The van der Waals surface area contributed by atoms with E-state index >= 15 is 0 Å². The van der Waals surface area contributed by atoms with E-state index in [2.05, 4.69) is 471 Å². The standard InChI is InChI=1S/C126H76N2O/c1-4-32-86(33-5-1)127(90-64-67-104-106(75-90)92-39-12-14-46-99(92)122-121-100-47-15-13-44-97(100)116(128(87-34-6-2-7-35-87)88-36-8-3-9-37-88)76-115(121)126(124(104)122)112-52-25-20-42-95(112)96-43-21-26-53-113(96)126)89-62-57-77(58-63-89)81-60-65-103-109(72-81)120(84-61-68-118-108(73-84)98-45-22-27-54-117(98)129-118)102-49-17-16-48-101(102)119(103)83-31-28-30-79(69-83)80-55-56-82-71-107-105-66-59-78-29-10-11-38-91(78)123(105)125(114(107)74-85(82)70-80)110-50-23-18-40-93(110)94-41-19-24-51-111(94)125/h1-76H. The zero-order valence-corrected chi connectivity index (χ0v) is 70.2. The highest BCUT2D eigenvalue weighted by atomic mass is 16.3. The molecule has 3 heteroatoms. The zero-order valence-electron chi connectivity index (χ0n) is 70.2. The fourth-order valence-corrected chi connectivity index (χ4v) is 24.0. The molecule has 28 rings (SSSR count). The Labute approximate surface area is 745 Å². The molecular weight excluding hydrogens is 1560 g/mol. The van der Waals surface area contributed by atoms with Crippen molar-refractivity contribution in [3.63, 3.8) is 0 Å². The van der Waals surface area contributed by atoms with Crippen LogP contribution in [0.5, 0.6) is 0 Å². The first-order valence-electron chi connectivity index (χ1n) is 44.9. The third-order valence-corrected chi connectivity index (χ3v) is 29.1. The van der Waals surface area contributed by atoms with Crippen molar-refractivity contribution in [2.75, 3.05) is 9.80 Å². The molecule has 0 unspecified atom stereocenters. The maximum Gasteiger partial charge on any atom is 0.135 e. The summed E-state index contributed by atoms with van der Waals surface area (Å²) >= 11 is 0. The minimum atomic E-state index is -0.713. The maximum absolute atomic E-state index is 6.56. The highest BCUT2D eigenvalue weighted by Gasteiger charge is 2.55. The first-order chi connectivity index (χ1) is 64.0. The van der Waals surface area contributed by atoms with E-state index in [1.54, 1.807) is 0 Å². The Bertz CT molecular complexity index is 8820. The Morgan fingerprint density at radius 1 is 0.163 bits per heavy atom. The number of rotatable bonds is 10. The number of furan rings is 1. The summed E-state index contributed by atoms with van der Waals surface area (Å²) in [5.74, 6) is 0. The summed E-state index contributed by atoms with van der Waals surface area (Å²) in [4.78, 5) is 4.92. The van der Waals surface area contributed by atoms with Crippen LogP contribution < -0.4 is 9.80 Å². The van der Waals surface area contributed by atoms with Gasteiger partial charge in [0.2, 0.25) is 0 Å². The van der Waals surface area contributed by atoms with E-state index in [-0.39, 0.29) is 0 Å². The van der Waals surface area contributed by atoms with Gasteiger partial charge in [-0.2, -0.15) is 0 Å². The Hall–Kier alpha value is -16.7. The van der Waals surface area contributed by atoms with E-state index < -0.39 is 10.8 Å². The van der Waals surface area contributed by atoms with Crippen molar-refractivity contribution in [1.29, 1.82) is 0 Å². The molecule has 129 heavy (non-hydrogen) atoms. The Morgan fingerprint density at radius 3 is 1.26 bits per heavy atom. The van der Waals surface area contributed by atoms with Gasteiger partial charge >= 0.3 is 0 Å². The monoisotopic (exact) mass is 1630 g/mol. The van der Waals surface area contributed by atoms with Crippen molar-refractivity contribution in [3.8, 4) is 89.0 Å². The number of fused-ring (bicyclic) bond motifs is 35. The maximum atomic E-state index is 6.56. The summed E-state index contributed by atoms with van der Waals surface area (Å²) < 4.78 is 6.56. The lowest BCUT2D eigenvalue weighted by Crippen LogP contribution is -2.26. The predicted molar refractivity (Wildman–Crippen MR) is 540 cm³/mol. The van der Waals surface area contributed by atoms with E-state index in [9.17, 15) is 0 Å². The van der Waals surface area contributed by atoms with Gasteiger partial charge in [0.15, 0.2) is 0 Å². The molecule has 2 spiro atoms. The van der Waals surface area contributed by atoms with Gasteiger partial charge in [-0.3, -0.25) is 0 Å². The number of nitrogens with zero attached hydrogens (tertiary/aromatic N) is 2. The molecule has 0 N–H and O–H groups in total. The van der Waals surface area contributed by atoms with Crippen LogP contribution in [0.15, 0.2) is 465 Å². The molecule has 4 aliphatic rings. The minimum Gasteiger partial charge on any atom is -0.456 e. The zero-order chi connectivity index (χ0) is 84.3. The van der Waals surface area contributed by atoms with Crippen LogP contribution in [0.4, 0.5) is 34.1 Å². The van der Waals surface area contributed by atoms with Crippen LogP contribution in [0.25, 0.3) is 186 Å². The number of hydrogen-bond donors (Lipinski definition) is 0. The lowest BCUT2D eigenvalue weighted by atomic mass is 9.69. The van der Waals surface area contributed by atoms with Crippen LogP contribution >= 0.6 is 0 Å². The van der Waals surface area contributed by atoms with Gasteiger partial charge in [-0.1, -0.05) is 346 Å². The third kappa shape index (κ3) is 10.1. The number of anilines is 6. The molecule has 0 radical (unpaired) electrons. The summed E-state index contributed by atoms with van der Waals surface area (Å²) in [6.07, 6.45) is 0. The van der Waals surface area contributed by atoms with E-state index in [1.165, 1.54) is 181 Å². The van der Waals surface area contributed by atoms with Crippen LogP contribution in [0.1, 0.15) is 44.5 Å². The molecule has 0 atom stereocenters. The molecule has 1 aromatic heterocycles. The van der Waals surface area contributed by atoms with Crippen LogP contribution in [-0.4, -0.2) is 0 Å². The predicted octanol–water partition coefficient (Wildman–Crippen LogP) is 34.0. The molecule has 23 aromatic carbocycles. The van der Waals surface area contributed by atoms with E-state index in [1.807, 2.05) is 0 Å². The molecule has 4 aliphatic carbocycles. The minimum absolute atomic E-state index is 0.501. The molecule has 0 fully saturated rings. The van der Waals surface area contributed by atoms with Gasteiger partial charge in [-0.05, 0) is 319 Å². The molecule has 0 aliphatic heterocycles. The molecule has 0 saturated carbocycles. The summed E-state index contributed by atoms with van der Waals surface area (Å²) in [6, 6.07) is 174. The van der Waals surface area contributed by atoms with E-state index in [4.69, 9.17) is 4.42 Å². The second kappa shape index (κ2) is 27.4. The van der Waals surface area contributed by atoms with Gasteiger partial charge in [0.05, 0.1) is 16.5 Å². The Morgan fingerprint density at radius 2 is 0.605 bits per heavy atom. The quantitative estimate of drug-likeness (QED) is 0.100. The highest BCUT2D eigenvalue weighted by Crippen LogP contribution is 2.69. The molecule has 3 nitrogen and oxygen atoms in total. The van der Waals surface area contributed by atoms with E-state index in [0.29, 0.717) is 0 Å². The number of para-hydroxylation sites is 4. The molecular formula is C126H76N2O. The SMILES string of the molecule is c1ccc(N(c2ccc(-c3ccc4c(-c5cccc(-c6ccc7cc8c(cc7c6)C6(c7ccccc7-c7ccccc76)c6c-8ccc7ccccc67)c5)c5ccccc5c(-c5ccc6oc7ccccc7c6c5)c4c3)cc2)c2ccc3c4c(c5ccccc5c3c2)-c2c(cc(N(c3ccccc3)c3ccccc3)c3ccccc23)C42c3ccccc3-c3ccccc32)cc1. The first-order valence-corrected chi connectivity index (χ1v) is 44.9. The molecule has 1 heterocycles. The van der Waals surface area contributed by atoms with Gasteiger partial charge in [-0.15, -0.1) is 0 Å². The van der Waals surface area contributed by atoms with Crippen LogP contribution in [0.3, 0.4) is 0 Å². The van der Waals surface area contributed by atoms with Crippen molar-refractivity contribution in [2.45, 2.75) is 10.8 Å². The van der Waals surface area contributed by atoms with Crippen LogP contribution in [0.2, 0.25) is 0 Å². The van der Waals surface area contributed by atoms with Crippen LogP contribution in [0, 0.1) is 0 Å².